The maximum Gasteiger partial charge on any atom is 0.255 e. The molecule has 0 saturated carbocycles. The summed E-state index contributed by atoms with van der Waals surface area (Å²) in [6.07, 6.45) is 1.32. The number of aryl methyl sites for hydroxylation is 1. The molecular formula is C20H25N3O2. The molecule has 5 nitrogen and oxygen atoms in total. The van der Waals surface area contributed by atoms with Crippen LogP contribution in [0, 0.1) is 6.92 Å². The largest absolute Gasteiger partial charge is 0.352 e. The lowest BCUT2D eigenvalue weighted by Gasteiger charge is -2.09. The van der Waals surface area contributed by atoms with Crippen LogP contribution in [0.15, 0.2) is 48.5 Å². The predicted octanol–water partition coefficient (Wildman–Crippen LogP) is 2.86. The van der Waals surface area contributed by atoms with Crippen molar-refractivity contribution >= 4 is 17.5 Å². The summed E-state index contributed by atoms with van der Waals surface area (Å²) in [5.41, 5.74) is 3.40. The van der Waals surface area contributed by atoms with Crippen LogP contribution in [0.4, 0.5) is 5.69 Å². The molecule has 0 saturated heterocycles. The van der Waals surface area contributed by atoms with E-state index in [2.05, 4.69) is 16.0 Å². The van der Waals surface area contributed by atoms with Gasteiger partial charge in [0.05, 0.1) is 0 Å². The number of hydrogen-bond acceptors (Lipinski definition) is 3. The number of carbonyl (C=O) groups excluding carboxylic acids is 2. The molecule has 3 N–H and O–H groups in total. The monoisotopic (exact) mass is 339 g/mol. The highest BCUT2D eigenvalue weighted by Crippen LogP contribution is 2.13. The van der Waals surface area contributed by atoms with Crippen LogP contribution >= 0.6 is 0 Å². The smallest absolute Gasteiger partial charge is 0.255 e. The molecular weight excluding hydrogens is 314 g/mol. The van der Waals surface area contributed by atoms with E-state index in [0.717, 1.165) is 24.1 Å². The van der Waals surface area contributed by atoms with Gasteiger partial charge in [0, 0.05) is 24.2 Å². The first-order valence-corrected chi connectivity index (χ1v) is 8.47. The fourth-order valence-electron chi connectivity index (χ4n) is 2.38. The molecule has 0 aliphatic carbocycles. The van der Waals surface area contributed by atoms with Gasteiger partial charge in [0.25, 0.3) is 5.91 Å². The van der Waals surface area contributed by atoms with Crippen LogP contribution < -0.4 is 16.0 Å². The molecule has 0 bridgehead atoms. The Morgan fingerprint density at radius 1 is 1.04 bits per heavy atom. The van der Waals surface area contributed by atoms with Crippen LogP contribution in [0.3, 0.4) is 0 Å². The number of nitrogens with one attached hydrogen (secondary N) is 3. The zero-order valence-electron chi connectivity index (χ0n) is 14.8. The summed E-state index contributed by atoms with van der Waals surface area (Å²) >= 11 is 0. The lowest BCUT2D eigenvalue weighted by molar-refractivity contribution is -0.121. The van der Waals surface area contributed by atoms with Crippen molar-refractivity contribution in [3.63, 3.8) is 0 Å². The molecule has 0 heterocycles. The third kappa shape index (κ3) is 6.39. The van der Waals surface area contributed by atoms with Crippen molar-refractivity contribution < 1.29 is 9.59 Å². The minimum Gasteiger partial charge on any atom is -0.352 e. The molecule has 0 radical (unpaired) electrons. The molecule has 5 heteroatoms. The molecule has 0 fully saturated rings. The van der Waals surface area contributed by atoms with Crippen LogP contribution in [-0.2, 0) is 11.3 Å². The molecule has 25 heavy (non-hydrogen) atoms. The van der Waals surface area contributed by atoms with Gasteiger partial charge in [-0.2, -0.15) is 0 Å². The molecule has 2 aromatic rings. The SMILES string of the molecule is CNCCCC(=O)NCc1cccc(NC(=O)c2ccc(C)cc2)c1. The maximum atomic E-state index is 12.3. The predicted molar refractivity (Wildman–Crippen MR) is 101 cm³/mol. The highest BCUT2D eigenvalue weighted by atomic mass is 16.2. The number of amides is 2. The van der Waals surface area contributed by atoms with Gasteiger partial charge in [0.2, 0.25) is 5.91 Å². The van der Waals surface area contributed by atoms with Gasteiger partial charge in [-0.1, -0.05) is 29.8 Å². The summed E-state index contributed by atoms with van der Waals surface area (Å²) < 4.78 is 0. The van der Waals surface area contributed by atoms with E-state index in [1.54, 1.807) is 12.1 Å². The number of anilines is 1. The summed E-state index contributed by atoms with van der Waals surface area (Å²) in [5.74, 6) is -0.113. The van der Waals surface area contributed by atoms with Gasteiger partial charge in [-0.05, 0) is 56.8 Å². The average molecular weight is 339 g/mol. The summed E-state index contributed by atoms with van der Waals surface area (Å²) in [4.78, 5) is 24.0. The molecule has 2 aromatic carbocycles. The second kappa shape index (κ2) is 9.59. The fourth-order valence-corrected chi connectivity index (χ4v) is 2.38. The Labute approximate surface area is 148 Å². The van der Waals surface area contributed by atoms with E-state index in [1.165, 1.54) is 0 Å². The van der Waals surface area contributed by atoms with Gasteiger partial charge in [0.15, 0.2) is 0 Å². The van der Waals surface area contributed by atoms with Crippen LogP contribution in [0.1, 0.15) is 34.3 Å². The van der Waals surface area contributed by atoms with Crippen molar-refractivity contribution in [3.05, 3.63) is 65.2 Å². The van der Waals surface area contributed by atoms with E-state index in [4.69, 9.17) is 0 Å². The highest BCUT2D eigenvalue weighted by Gasteiger charge is 2.06. The number of benzene rings is 2. The minimum atomic E-state index is -0.145. The standard InChI is InChI=1S/C20H25N3O2/c1-15-8-10-17(11-9-15)20(25)23-18-6-3-5-16(13-18)14-22-19(24)7-4-12-21-2/h3,5-6,8-11,13,21H,4,7,12,14H2,1-2H3,(H,22,24)(H,23,25). The molecule has 0 unspecified atom stereocenters. The molecule has 0 spiro atoms. The summed E-state index contributed by atoms with van der Waals surface area (Å²) in [6.45, 7) is 3.26. The van der Waals surface area contributed by atoms with Crippen molar-refractivity contribution in [1.29, 1.82) is 0 Å². The Bertz CT molecular complexity index is 711. The van der Waals surface area contributed by atoms with Gasteiger partial charge in [-0.15, -0.1) is 0 Å². The Hall–Kier alpha value is -2.66. The van der Waals surface area contributed by atoms with Crippen molar-refractivity contribution in [3.8, 4) is 0 Å². The first kappa shape index (κ1) is 18.7. The zero-order valence-corrected chi connectivity index (χ0v) is 14.8. The fraction of sp³-hybridized carbons (Fsp3) is 0.300. The van der Waals surface area contributed by atoms with Gasteiger partial charge in [0.1, 0.15) is 0 Å². The molecule has 0 aromatic heterocycles. The summed E-state index contributed by atoms with van der Waals surface area (Å²) in [7, 11) is 1.87. The van der Waals surface area contributed by atoms with E-state index >= 15 is 0 Å². The Morgan fingerprint density at radius 2 is 1.80 bits per heavy atom. The van der Waals surface area contributed by atoms with Gasteiger partial charge in [-0.25, -0.2) is 0 Å². The van der Waals surface area contributed by atoms with Gasteiger partial charge >= 0.3 is 0 Å². The quantitative estimate of drug-likeness (QED) is 0.648. The minimum absolute atomic E-state index is 0.0318. The number of carbonyl (C=O) groups is 2. The van der Waals surface area contributed by atoms with Crippen molar-refractivity contribution in [2.24, 2.45) is 0 Å². The molecule has 2 rings (SSSR count). The molecule has 2 amide bonds. The summed E-state index contributed by atoms with van der Waals surface area (Å²) in [6, 6.07) is 14.9. The summed E-state index contributed by atoms with van der Waals surface area (Å²) in [5, 5.41) is 8.80. The van der Waals surface area contributed by atoms with E-state index in [0.29, 0.717) is 24.2 Å². The lowest BCUT2D eigenvalue weighted by atomic mass is 10.1. The van der Waals surface area contributed by atoms with Crippen LogP contribution in [0.25, 0.3) is 0 Å². The second-order valence-electron chi connectivity index (χ2n) is 6.00. The first-order valence-electron chi connectivity index (χ1n) is 8.47. The lowest BCUT2D eigenvalue weighted by Crippen LogP contribution is -2.23. The van der Waals surface area contributed by atoms with E-state index < -0.39 is 0 Å². The normalized spacial score (nSPS) is 10.3. The van der Waals surface area contributed by atoms with Gasteiger partial charge in [-0.3, -0.25) is 9.59 Å². The van der Waals surface area contributed by atoms with E-state index in [1.807, 2.05) is 50.4 Å². The number of rotatable bonds is 8. The molecule has 0 atom stereocenters. The van der Waals surface area contributed by atoms with Crippen LogP contribution in [0.5, 0.6) is 0 Å². The van der Waals surface area contributed by atoms with Crippen LogP contribution in [0.2, 0.25) is 0 Å². The van der Waals surface area contributed by atoms with Crippen LogP contribution in [-0.4, -0.2) is 25.4 Å². The Morgan fingerprint density at radius 3 is 2.52 bits per heavy atom. The molecule has 0 aliphatic rings. The van der Waals surface area contributed by atoms with Crippen molar-refractivity contribution in [2.45, 2.75) is 26.3 Å². The Kier molecular flexibility index (Phi) is 7.16. The highest BCUT2D eigenvalue weighted by molar-refractivity contribution is 6.04. The third-order valence-electron chi connectivity index (χ3n) is 3.82. The Balaban J connectivity index is 1.89. The molecule has 0 aliphatic heterocycles. The maximum absolute atomic E-state index is 12.3. The topological polar surface area (TPSA) is 70.2 Å². The van der Waals surface area contributed by atoms with E-state index in [9.17, 15) is 9.59 Å². The van der Waals surface area contributed by atoms with Crippen molar-refractivity contribution in [2.75, 3.05) is 18.9 Å². The first-order chi connectivity index (χ1) is 12.1. The van der Waals surface area contributed by atoms with E-state index in [-0.39, 0.29) is 11.8 Å². The zero-order chi connectivity index (χ0) is 18.1. The second-order valence-corrected chi connectivity index (χ2v) is 6.00. The average Bonchev–Trinajstić information content (AvgIpc) is 2.61. The number of hydrogen-bond donors (Lipinski definition) is 3. The third-order valence-corrected chi connectivity index (χ3v) is 3.82. The van der Waals surface area contributed by atoms with Gasteiger partial charge < -0.3 is 16.0 Å². The molecule has 132 valence electrons. The van der Waals surface area contributed by atoms with Crippen molar-refractivity contribution in [1.82, 2.24) is 10.6 Å².